The molecule has 1 aliphatic heterocycles. The first-order valence-corrected chi connectivity index (χ1v) is 9.73. The van der Waals surface area contributed by atoms with Gasteiger partial charge in [-0.2, -0.15) is 5.10 Å². The van der Waals surface area contributed by atoms with Gasteiger partial charge in [0.1, 0.15) is 10.7 Å². The Kier molecular flexibility index (Phi) is 4.56. The van der Waals surface area contributed by atoms with Crippen LogP contribution in [-0.4, -0.2) is 61.6 Å². The summed E-state index contributed by atoms with van der Waals surface area (Å²) >= 11 is 1.56. The molecule has 1 saturated heterocycles. The van der Waals surface area contributed by atoms with Crippen LogP contribution in [0.2, 0.25) is 0 Å². The Bertz CT molecular complexity index is 1060. The number of H-pyrrole nitrogens is 1. The van der Waals surface area contributed by atoms with Gasteiger partial charge >= 0.3 is 0 Å². The maximum absolute atomic E-state index is 12.5. The number of fused-ring (bicyclic) bond motifs is 1. The van der Waals surface area contributed by atoms with Crippen LogP contribution in [0.4, 0.5) is 0 Å². The summed E-state index contributed by atoms with van der Waals surface area (Å²) in [6, 6.07) is 0. The molecule has 1 aliphatic rings. The predicted molar refractivity (Wildman–Crippen MR) is 104 cm³/mol. The van der Waals surface area contributed by atoms with E-state index in [9.17, 15) is 9.59 Å². The Morgan fingerprint density at radius 1 is 1.26 bits per heavy atom. The fraction of sp³-hybridized carbons (Fsp3) is 0.444. The predicted octanol–water partition coefficient (Wildman–Crippen LogP) is 1.29. The molecular formula is C18H22N6O2S. The summed E-state index contributed by atoms with van der Waals surface area (Å²) in [6.07, 6.45) is 3.34. The molecule has 1 fully saturated rings. The fourth-order valence-corrected chi connectivity index (χ4v) is 4.46. The third-order valence-electron chi connectivity index (χ3n) is 5.07. The molecule has 0 saturated carbocycles. The van der Waals surface area contributed by atoms with Crippen molar-refractivity contribution in [3.8, 4) is 0 Å². The zero-order valence-electron chi connectivity index (χ0n) is 15.7. The van der Waals surface area contributed by atoms with Gasteiger partial charge in [-0.05, 0) is 19.4 Å². The lowest BCUT2D eigenvalue weighted by Gasteiger charge is -2.34. The number of carbonyl (C=O) groups excluding carboxylic acids is 1. The molecule has 0 radical (unpaired) electrons. The highest BCUT2D eigenvalue weighted by Crippen LogP contribution is 2.25. The van der Waals surface area contributed by atoms with Crippen molar-refractivity contribution in [2.45, 2.75) is 20.4 Å². The number of hydrogen-bond acceptors (Lipinski definition) is 6. The van der Waals surface area contributed by atoms with Crippen molar-refractivity contribution in [2.24, 2.45) is 7.05 Å². The highest BCUT2D eigenvalue weighted by molar-refractivity contribution is 7.18. The Hall–Kier alpha value is -2.52. The number of amides is 1. The van der Waals surface area contributed by atoms with Gasteiger partial charge in [0, 0.05) is 44.3 Å². The molecule has 3 aromatic rings. The number of aryl methyl sites for hydroxylation is 3. The Balaban J connectivity index is 1.43. The van der Waals surface area contributed by atoms with Crippen LogP contribution in [0.3, 0.4) is 0 Å². The van der Waals surface area contributed by atoms with Crippen molar-refractivity contribution in [3.05, 3.63) is 44.6 Å². The van der Waals surface area contributed by atoms with E-state index in [0.717, 1.165) is 28.4 Å². The molecule has 0 spiro atoms. The number of carbonyl (C=O) groups is 1. The number of piperazine rings is 1. The Labute approximate surface area is 160 Å². The van der Waals surface area contributed by atoms with Gasteiger partial charge in [0.2, 0.25) is 0 Å². The van der Waals surface area contributed by atoms with Gasteiger partial charge in [-0.1, -0.05) is 0 Å². The van der Waals surface area contributed by atoms with Crippen molar-refractivity contribution in [3.63, 3.8) is 0 Å². The van der Waals surface area contributed by atoms with E-state index in [4.69, 9.17) is 0 Å². The van der Waals surface area contributed by atoms with Crippen LogP contribution in [0.5, 0.6) is 0 Å². The monoisotopic (exact) mass is 386 g/mol. The van der Waals surface area contributed by atoms with E-state index in [1.807, 2.05) is 18.7 Å². The van der Waals surface area contributed by atoms with Gasteiger partial charge in [0.05, 0.1) is 23.7 Å². The molecule has 1 N–H and O–H groups in total. The van der Waals surface area contributed by atoms with Crippen molar-refractivity contribution >= 4 is 27.5 Å². The molecule has 4 rings (SSSR count). The highest BCUT2D eigenvalue weighted by Gasteiger charge is 2.23. The summed E-state index contributed by atoms with van der Waals surface area (Å²) in [5, 5.41) is 4.76. The molecule has 4 heterocycles. The second-order valence-corrected chi connectivity index (χ2v) is 8.15. The van der Waals surface area contributed by atoms with E-state index >= 15 is 0 Å². The van der Waals surface area contributed by atoms with Crippen LogP contribution < -0.4 is 5.56 Å². The van der Waals surface area contributed by atoms with Crippen LogP contribution >= 0.6 is 11.3 Å². The largest absolute Gasteiger partial charge is 0.336 e. The lowest BCUT2D eigenvalue weighted by Crippen LogP contribution is -2.48. The van der Waals surface area contributed by atoms with Crippen LogP contribution in [0.1, 0.15) is 26.6 Å². The zero-order chi connectivity index (χ0) is 19.1. The van der Waals surface area contributed by atoms with Crippen molar-refractivity contribution < 1.29 is 4.79 Å². The van der Waals surface area contributed by atoms with Gasteiger partial charge in [0.15, 0.2) is 0 Å². The van der Waals surface area contributed by atoms with Gasteiger partial charge in [0.25, 0.3) is 11.5 Å². The number of aromatic amines is 1. The Morgan fingerprint density at radius 3 is 2.67 bits per heavy atom. The number of hydrogen-bond donors (Lipinski definition) is 1. The highest BCUT2D eigenvalue weighted by atomic mass is 32.1. The van der Waals surface area contributed by atoms with Crippen LogP contribution in [0, 0.1) is 13.8 Å². The number of thiophene rings is 1. The van der Waals surface area contributed by atoms with E-state index in [1.165, 1.54) is 0 Å². The first-order chi connectivity index (χ1) is 12.9. The molecule has 0 aromatic carbocycles. The molecule has 3 aromatic heterocycles. The lowest BCUT2D eigenvalue weighted by molar-refractivity contribution is 0.0625. The molecule has 27 heavy (non-hydrogen) atoms. The lowest BCUT2D eigenvalue weighted by atomic mass is 10.2. The molecule has 8 nitrogen and oxygen atoms in total. The number of nitrogens with one attached hydrogen (secondary N) is 1. The van der Waals surface area contributed by atoms with E-state index < -0.39 is 0 Å². The van der Waals surface area contributed by atoms with E-state index in [1.54, 1.807) is 35.5 Å². The molecular weight excluding hydrogens is 364 g/mol. The van der Waals surface area contributed by atoms with Crippen molar-refractivity contribution in [1.29, 1.82) is 0 Å². The minimum absolute atomic E-state index is 0.0141. The molecule has 0 unspecified atom stereocenters. The molecule has 0 atom stereocenters. The second kappa shape index (κ2) is 6.90. The molecule has 1 amide bonds. The summed E-state index contributed by atoms with van der Waals surface area (Å²) in [4.78, 5) is 38.5. The minimum atomic E-state index is -0.0674. The molecule has 0 bridgehead atoms. The second-order valence-electron chi connectivity index (χ2n) is 6.95. The molecule has 9 heteroatoms. The van der Waals surface area contributed by atoms with E-state index in [2.05, 4.69) is 20.0 Å². The Morgan fingerprint density at radius 2 is 2.00 bits per heavy atom. The number of nitrogens with zero attached hydrogens (tertiary/aromatic N) is 5. The summed E-state index contributed by atoms with van der Waals surface area (Å²) in [6.45, 7) is 7.35. The van der Waals surface area contributed by atoms with Gasteiger partial charge in [-0.15, -0.1) is 11.3 Å². The van der Waals surface area contributed by atoms with Gasteiger partial charge < -0.3 is 9.88 Å². The maximum atomic E-state index is 12.5. The summed E-state index contributed by atoms with van der Waals surface area (Å²) in [5.74, 6) is 0.695. The third-order valence-corrected chi connectivity index (χ3v) is 6.17. The quantitative estimate of drug-likeness (QED) is 0.733. The normalized spacial score (nSPS) is 15.6. The molecule has 142 valence electrons. The third kappa shape index (κ3) is 3.40. The van der Waals surface area contributed by atoms with Gasteiger partial charge in [-0.25, -0.2) is 4.98 Å². The fourth-order valence-electron chi connectivity index (χ4n) is 3.41. The summed E-state index contributed by atoms with van der Waals surface area (Å²) in [7, 11) is 1.80. The molecule has 0 aliphatic carbocycles. The topological polar surface area (TPSA) is 87.1 Å². The maximum Gasteiger partial charge on any atom is 0.259 e. The first-order valence-electron chi connectivity index (χ1n) is 8.91. The van der Waals surface area contributed by atoms with Crippen LogP contribution in [-0.2, 0) is 13.6 Å². The smallest absolute Gasteiger partial charge is 0.259 e. The van der Waals surface area contributed by atoms with Crippen LogP contribution in [0.25, 0.3) is 10.2 Å². The zero-order valence-corrected chi connectivity index (χ0v) is 16.5. The first kappa shape index (κ1) is 17.9. The SMILES string of the molecule is Cc1sc2nc(CN3CCN(C(=O)c4cnn(C)c4)CC3)[nH]c(=O)c2c1C. The van der Waals surface area contributed by atoms with Crippen LogP contribution in [0.15, 0.2) is 17.2 Å². The standard InChI is InChI=1S/C18H22N6O2S/c1-11-12(2)27-17-15(11)16(25)20-14(21-17)10-23-4-6-24(7-5-23)18(26)13-8-19-22(3)9-13/h8-9H,4-7,10H2,1-3H3,(H,20,21,25). The minimum Gasteiger partial charge on any atom is -0.336 e. The van der Waals surface area contributed by atoms with Crippen molar-refractivity contribution in [2.75, 3.05) is 26.2 Å². The number of aromatic nitrogens is 4. The average molecular weight is 386 g/mol. The number of rotatable bonds is 3. The average Bonchev–Trinajstić information content (AvgIpc) is 3.19. The van der Waals surface area contributed by atoms with Crippen molar-refractivity contribution in [1.82, 2.24) is 29.5 Å². The van der Waals surface area contributed by atoms with Gasteiger partial charge in [-0.3, -0.25) is 19.2 Å². The van der Waals surface area contributed by atoms with E-state index in [0.29, 0.717) is 36.4 Å². The summed E-state index contributed by atoms with van der Waals surface area (Å²) in [5.41, 5.74) is 1.56. The summed E-state index contributed by atoms with van der Waals surface area (Å²) < 4.78 is 1.63. The van der Waals surface area contributed by atoms with E-state index in [-0.39, 0.29) is 11.5 Å².